The fraction of sp³-hybridized carbons (Fsp3) is 0.500. The van der Waals surface area contributed by atoms with E-state index in [1.165, 1.54) is 5.56 Å². The van der Waals surface area contributed by atoms with Crippen molar-refractivity contribution in [1.29, 1.82) is 0 Å². The van der Waals surface area contributed by atoms with Crippen LogP contribution in [0.2, 0.25) is 0 Å². The highest BCUT2D eigenvalue weighted by molar-refractivity contribution is 5.45. The van der Waals surface area contributed by atoms with Gasteiger partial charge in [0.05, 0.1) is 13.7 Å². The molecule has 2 atom stereocenters. The molecule has 1 saturated carbocycles. The summed E-state index contributed by atoms with van der Waals surface area (Å²) in [6.45, 7) is 2.62. The Kier molecular flexibility index (Phi) is 2.82. The van der Waals surface area contributed by atoms with Crippen molar-refractivity contribution in [2.45, 2.75) is 25.3 Å². The predicted molar refractivity (Wildman–Crippen MR) is 59.5 cm³/mol. The van der Waals surface area contributed by atoms with E-state index in [2.05, 4.69) is 6.07 Å². The van der Waals surface area contributed by atoms with Gasteiger partial charge in [-0.2, -0.15) is 0 Å². The van der Waals surface area contributed by atoms with Crippen LogP contribution in [0.4, 0.5) is 0 Å². The van der Waals surface area contributed by atoms with Crippen LogP contribution in [0.15, 0.2) is 18.2 Å². The summed E-state index contributed by atoms with van der Waals surface area (Å²) in [5.74, 6) is 2.11. The number of methoxy groups -OCH3 is 1. The molecule has 1 fully saturated rings. The lowest BCUT2D eigenvalue weighted by Gasteiger charge is -2.10. The third-order valence-corrected chi connectivity index (χ3v) is 2.76. The minimum atomic E-state index is 0.327. The van der Waals surface area contributed by atoms with E-state index in [-0.39, 0.29) is 0 Å². The molecule has 3 nitrogen and oxygen atoms in total. The molecule has 0 heterocycles. The molecule has 3 heteroatoms. The lowest BCUT2D eigenvalue weighted by atomic mass is 10.1. The van der Waals surface area contributed by atoms with Crippen LogP contribution in [-0.2, 0) is 0 Å². The van der Waals surface area contributed by atoms with Gasteiger partial charge in [0.2, 0.25) is 0 Å². The first-order valence-electron chi connectivity index (χ1n) is 5.32. The zero-order valence-electron chi connectivity index (χ0n) is 9.19. The minimum absolute atomic E-state index is 0.327. The molecule has 1 aromatic carbocycles. The third-order valence-electron chi connectivity index (χ3n) is 2.76. The molecule has 0 unspecified atom stereocenters. The van der Waals surface area contributed by atoms with E-state index in [0.717, 1.165) is 17.9 Å². The highest BCUT2D eigenvalue weighted by Crippen LogP contribution is 2.42. The summed E-state index contributed by atoms with van der Waals surface area (Å²) in [5, 5.41) is 0. The average molecular weight is 207 g/mol. The standard InChI is InChI=1S/C12H17NO2/c1-3-15-12-6-8(9-7-10(9)13)4-5-11(12)14-2/h4-6,9-10H,3,7,13H2,1-2H3/t9-,10+/m0/s1. The molecule has 0 bridgehead atoms. The van der Waals surface area contributed by atoms with E-state index in [9.17, 15) is 0 Å². The number of nitrogens with two attached hydrogens (primary N) is 1. The van der Waals surface area contributed by atoms with Gasteiger partial charge in [-0.25, -0.2) is 0 Å². The summed E-state index contributed by atoms with van der Waals surface area (Å²) in [7, 11) is 1.65. The second-order valence-electron chi connectivity index (χ2n) is 3.85. The van der Waals surface area contributed by atoms with Crippen molar-refractivity contribution in [3.05, 3.63) is 23.8 Å². The van der Waals surface area contributed by atoms with Crippen LogP contribution in [0, 0.1) is 0 Å². The molecule has 0 radical (unpaired) electrons. The molecule has 0 aromatic heterocycles. The maximum absolute atomic E-state index is 5.82. The van der Waals surface area contributed by atoms with Gasteiger partial charge in [-0.1, -0.05) is 6.07 Å². The topological polar surface area (TPSA) is 44.5 Å². The van der Waals surface area contributed by atoms with E-state index in [4.69, 9.17) is 15.2 Å². The molecular formula is C12H17NO2. The maximum Gasteiger partial charge on any atom is 0.161 e. The minimum Gasteiger partial charge on any atom is -0.493 e. The predicted octanol–water partition coefficient (Wildman–Crippen LogP) is 1.91. The largest absolute Gasteiger partial charge is 0.493 e. The van der Waals surface area contributed by atoms with Crippen molar-refractivity contribution < 1.29 is 9.47 Å². The quantitative estimate of drug-likeness (QED) is 0.820. The molecule has 2 rings (SSSR count). The lowest BCUT2D eigenvalue weighted by molar-refractivity contribution is 0.310. The van der Waals surface area contributed by atoms with Gasteiger partial charge >= 0.3 is 0 Å². The molecule has 0 saturated heterocycles. The Bertz CT molecular complexity index is 351. The van der Waals surface area contributed by atoms with Crippen molar-refractivity contribution >= 4 is 0 Å². The molecular weight excluding hydrogens is 190 g/mol. The molecule has 82 valence electrons. The van der Waals surface area contributed by atoms with Crippen molar-refractivity contribution in [1.82, 2.24) is 0 Å². The molecule has 15 heavy (non-hydrogen) atoms. The molecule has 0 spiro atoms. The molecule has 1 aromatic rings. The van der Waals surface area contributed by atoms with Crippen LogP contribution in [0.3, 0.4) is 0 Å². The smallest absolute Gasteiger partial charge is 0.161 e. The Morgan fingerprint density at radius 3 is 2.67 bits per heavy atom. The summed E-state index contributed by atoms with van der Waals surface area (Å²) in [5.41, 5.74) is 7.08. The molecule has 1 aliphatic carbocycles. The fourth-order valence-electron chi connectivity index (χ4n) is 1.79. The summed E-state index contributed by atoms with van der Waals surface area (Å²) < 4.78 is 10.7. The normalized spacial score (nSPS) is 23.7. The van der Waals surface area contributed by atoms with Crippen LogP contribution in [-0.4, -0.2) is 19.8 Å². The van der Waals surface area contributed by atoms with Crippen molar-refractivity contribution in [3.8, 4) is 11.5 Å². The van der Waals surface area contributed by atoms with Crippen LogP contribution in [0.5, 0.6) is 11.5 Å². The van der Waals surface area contributed by atoms with Gasteiger partial charge in [-0.05, 0) is 31.0 Å². The summed E-state index contributed by atoms with van der Waals surface area (Å²) in [4.78, 5) is 0. The van der Waals surface area contributed by atoms with Gasteiger partial charge in [-0.15, -0.1) is 0 Å². The van der Waals surface area contributed by atoms with E-state index in [1.54, 1.807) is 7.11 Å². The van der Waals surface area contributed by atoms with Crippen LogP contribution < -0.4 is 15.2 Å². The fourth-order valence-corrected chi connectivity index (χ4v) is 1.79. The van der Waals surface area contributed by atoms with Gasteiger partial charge in [0.1, 0.15) is 0 Å². The number of hydrogen-bond acceptors (Lipinski definition) is 3. The van der Waals surface area contributed by atoms with Gasteiger partial charge in [0.25, 0.3) is 0 Å². The Morgan fingerprint density at radius 1 is 1.40 bits per heavy atom. The number of rotatable bonds is 4. The first-order valence-corrected chi connectivity index (χ1v) is 5.32. The number of ether oxygens (including phenoxy) is 2. The van der Waals surface area contributed by atoms with Gasteiger partial charge < -0.3 is 15.2 Å². The molecule has 1 aliphatic rings. The Hall–Kier alpha value is -1.22. The van der Waals surface area contributed by atoms with E-state index < -0.39 is 0 Å². The zero-order chi connectivity index (χ0) is 10.8. The number of hydrogen-bond donors (Lipinski definition) is 1. The Balaban J connectivity index is 2.24. The first kappa shape index (κ1) is 10.3. The second-order valence-corrected chi connectivity index (χ2v) is 3.85. The van der Waals surface area contributed by atoms with Crippen molar-refractivity contribution in [3.63, 3.8) is 0 Å². The zero-order valence-corrected chi connectivity index (χ0v) is 9.19. The Labute approximate surface area is 90.2 Å². The summed E-state index contributed by atoms with van der Waals surface area (Å²) in [6, 6.07) is 6.39. The van der Waals surface area contributed by atoms with Crippen molar-refractivity contribution in [2.24, 2.45) is 5.73 Å². The molecule has 0 aliphatic heterocycles. The Morgan fingerprint density at radius 2 is 2.13 bits per heavy atom. The monoisotopic (exact) mass is 207 g/mol. The number of benzene rings is 1. The van der Waals surface area contributed by atoms with Crippen LogP contribution >= 0.6 is 0 Å². The van der Waals surface area contributed by atoms with Crippen LogP contribution in [0.25, 0.3) is 0 Å². The second kappa shape index (κ2) is 4.11. The van der Waals surface area contributed by atoms with Crippen molar-refractivity contribution in [2.75, 3.05) is 13.7 Å². The third kappa shape index (κ3) is 2.07. The van der Waals surface area contributed by atoms with E-state index in [1.807, 2.05) is 19.1 Å². The van der Waals surface area contributed by atoms with Gasteiger partial charge in [0.15, 0.2) is 11.5 Å². The lowest BCUT2D eigenvalue weighted by Crippen LogP contribution is -2.02. The van der Waals surface area contributed by atoms with Crippen LogP contribution in [0.1, 0.15) is 24.8 Å². The van der Waals surface area contributed by atoms with E-state index in [0.29, 0.717) is 18.6 Å². The van der Waals surface area contributed by atoms with Gasteiger partial charge in [-0.3, -0.25) is 0 Å². The highest BCUT2D eigenvalue weighted by Gasteiger charge is 2.35. The van der Waals surface area contributed by atoms with Gasteiger partial charge in [0, 0.05) is 12.0 Å². The SMILES string of the molecule is CCOc1cc([C@@H]2C[C@H]2N)ccc1OC. The molecule has 0 amide bonds. The summed E-state index contributed by atoms with van der Waals surface area (Å²) >= 11 is 0. The average Bonchev–Trinajstić information content (AvgIpc) is 2.96. The van der Waals surface area contributed by atoms with E-state index >= 15 is 0 Å². The summed E-state index contributed by atoms with van der Waals surface area (Å²) in [6.07, 6.45) is 1.08. The first-order chi connectivity index (χ1) is 7.26. The molecule has 2 N–H and O–H groups in total. The maximum atomic E-state index is 5.82. The highest BCUT2D eigenvalue weighted by atomic mass is 16.5.